The quantitative estimate of drug-likeness (QED) is 0.170. The molecule has 5 nitrogen and oxygen atoms in total. The van der Waals surface area contributed by atoms with Crippen molar-refractivity contribution in [2.75, 3.05) is 0 Å². The molecule has 0 radical (unpaired) electrons. The van der Waals surface area contributed by atoms with Crippen LogP contribution in [0.15, 0.2) is 199 Å². The van der Waals surface area contributed by atoms with Crippen LogP contribution in [-0.2, 0) is 0 Å². The molecule has 11 aromatic rings. The second-order valence-electron chi connectivity index (χ2n) is 14.4. The summed E-state index contributed by atoms with van der Waals surface area (Å²) in [5.74, 6) is 0.534. The number of hydrogen-bond donors (Lipinski definition) is 0. The molecule has 0 aliphatic rings. The Kier molecular flexibility index (Phi) is 7.80. The zero-order valence-corrected chi connectivity index (χ0v) is 31.2. The molecule has 8 aromatic carbocycles. The molecule has 0 unspecified atom stereocenters. The summed E-state index contributed by atoms with van der Waals surface area (Å²) in [5.41, 5.74) is 13.0. The van der Waals surface area contributed by atoms with Crippen molar-refractivity contribution >= 4 is 43.7 Å². The molecule has 0 fully saturated rings. The molecule has 0 bridgehead atoms. The lowest BCUT2D eigenvalue weighted by Gasteiger charge is -2.20. The fourth-order valence-electron chi connectivity index (χ4n) is 8.49. The van der Waals surface area contributed by atoms with Gasteiger partial charge in [0, 0.05) is 38.5 Å². The number of aromatic nitrogens is 3. The van der Waals surface area contributed by atoms with Gasteiger partial charge in [-0.1, -0.05) is 158 Å². The van der Waals surface area contributed by atoms with Crippen LogP contribution in [0.5, 0.6) is 0 Å². The monoisotopic (exact) mass is 740 g/mol. The first kappa shape index (κ1) is 33.3. The fraction of sp³-hybridized carbons (Fsp3) is 0. The molecule has 0 saturated carbocycles. The molecule has 0 atom stereocenters. The average Bonchev–Trinajstić information content (AvgIpc) is 3.85. The minimum atomic E-state index is 0.433. The lowest BCUT2D eigenvalue weighted by Crippen LogP contribution is -2.04. The lowest BCUT2D eigenvalue weighted by molar-refractivity contribution is 0.673. The summed E-state index contributed by atoms with van der Waals surface area (Å²) in [5, 5.41) is 15.1. The third kappa shape index (κ3) is 5.31. The third-order valence-electron chi connectivity index (χ3n) is 11.1. The molecule has 58 heavy (non-hydrogen) atoms. The summed E-state index contributed by atoms with van der Waals surface area (Å²) in [6, 6.07) is 69.0. The summed E-state index contributed by atoms with van der Waals surface area (Å²) < 4.78 is 9.00. The van der Waals surface area contributed by atoms with Gasteiger partial charge in [0.2, 0.25) is 0 Å². The highest BCUT2D eigenvalue weighted by atomic mass is 16.3. The van der Waals surface area contributed by atoms with Crippen molar-refractivity contribution in [1.82, 2.24) is 14.5 Å². The first-order valence-corrected chi connectivity index (χ1v) is 19.3. The molecule has 0 amide bonds. The van der Waals surface area contributed by atoms with E-state index in [1.54, 1.807) is 0 Å². The summed E-state index contributed by atoms with van der Waals surface area (Å²) >= 11 is 0. The first-order valence-electron chi connectivity index (χ1n) is 19.3. The SMILES string of the molecule is N#Cc1c(-c2ccccc2)nc(-c2c(-c3ccccc3)cc(-n3c4ccccc4c4c5oc6ccccc6c5ccc43)cc2-c2ccccc2)nc1-c1ccccc1. The number of para-hydroxylation sites is 2. The Balaban J connectivity index is 1.28. The highest BCUT2D eigenvalue weighted by Gasteiger charge is 2.25. The summed E-state index contributed by atoms with van der Waals surface area (Å²) in [6.45, 7) is 0. The van der Waals surface area contributed by atoms with E-state index >= 15 is 0 Å². The minimum Gasteiger partial charge on any atom is -0.455 e. The number of fused-ring (bicyclic) bond motifs is 7. The molecule has 0 saturated heterocycles. The van der Waals surface area contributed by atoms with Gasteiger partial charge in [-0.05, 0) is 58.7 Å². The number of benzene rings is 8. The summed E-state index contributed by atoms with van der Waals surface area (Å²) in [7, 11) is 0. The predicted molar refractivity (Wildman–Crippen MR) is 236 cm³/mol. The van der Waals surface area contributed by atoms with E-state index in [-0.39, 0.29) is 0 Å². The fourth-order valence-corrected chi connectivity index (χ4v) is 8.49. The Labute approximate surface area is 334 Å². The average molecular weight is 741 g/mol. The normalized spacial score (nSPS) is 11.4. The summed E-state index contributed by atoms with van der Waals surface area (Å²) in [4.78, 5) is 10.7. The van der Waals surface area contributed by atoms with Gasteiger partial charge in [-0.3, -0.25) is 0 Å². The number of rotatable bonds is 6. The molecule has 3 aromatic heterocycles. The van der Waals surface area contributed by atoms with E-state index in [2.05, 4.69) is 120 Å². The topological polar surface area (TPSA) is 67.6 Å². The lowest BCUT2D eigenvalue weighted by atomic mass is 9.89. The maximum atomic E-state index is 10.7. The zero-order chi connectivity index (χ0) is 38.6. The second kappa shape index (κ2) is 13.6. The number of nitriles is 1. The molecular weight excluding hydrogens is 709 g/mol. The molecule has 0 aliphatic carbocycles. The smallest absolute Gasteiger partial charge is 0.161 e. The van der Waals surface area contributed by atoms with Gasteiger partial charge in [-0.25, -0.2) is 9.97 Å². The van der Waals surface area contributed by atoms with Gasteiger partial charge in [-0.2, -0.15) is 5.26 Å². The Hall–Kier alpha value is -8.07. The molecule has 270 valence electrons. The van der Waals surface area contributed by atoms with Crippen molar-refractivity contribution in [3.05, 3.63) is 200 Å². The van der Waals surface area contributed by atoms with E-state index in [0.29, 0.717) is 22.8 Å². The Morgan fingerprint density at radius 2 is 0.966 bits per heavy atom. The van der Waals surface area contributed by atoms with Gasteiger partial charge in [-0.15, -0.1) is 0 Å². The third-order valence-corrected chi connectivity index (χ3v) is 11.1. The molecule has 11 rings (SSSR count). The standard InChI is InChI=1S/C53H32N4O/c54-33-44-50(36-21-9-3-10-22-36)55-53(56-51(44)37-23-11-4-12-24-37)48-42(34-17-5-1-6-18-34)31-38(32-43(48)35-19-7-2-8-20-35)57-45-27-15-13-26-41(45)49-46(57)30-29-40-39-25-14-16-28-47(39)58-52(40)49/h1-32H. The van der Waals surface area contributed by atoms with E-state index in [1.807, 2.05) is 84.9 Å². The highest BCUT2D eigenvalue weighted by Crippen LogP contribution is 2.46. The van der Waals surface area contributed by atoms with Crippen LogP contribution in [0.1, 0.15) is 5.56 Å². The Morgan fingerprint density at radius 1 is 0.466 bits per heavy atom. The number of furan rings is 1. The Bertz CT molecular complexity index is 3260. The molecule has 0 N–H and O–H groups in total. The maximum Gasteiger partial charge on any atom is 0.161 e. The van der Waals surface area contributed by atoms with Gasteiger partial charge < -0.3 is 8.98 Å². The van der Waals surface area contributed by atoms with Gasteiger partial charge in [0.05, 0.1) is 27.8 Å². The van der Waals surface area contributed by atoms with E-state index < -0.39 is 0 Å². The van der Waals surface area contributed by atoms with Crippen molar-refractivity contribution in [2.24, 2.45) is 0 Å². The van der Waals surface area contributed by atoms with Gasteiger partial charge in [0.15, 0.2) is 5.82 Å². The van der Waals surface area contributed by atoms with Crippen LogP contribution in [0.3, 0.4) is 0 Å². The van der Waals surface area contributed by atoms with E-state index in [9.17, 15) is 5.26 Å². The van der Waals surface area contributed by atoms with Crippen LogP contribution >= 0.6 is 0 Å². The van der Waals surface area contributed by atoms with Gasteiger partial charge in [0.1, 0.15) is 22.8 Å². The van der Waals surface area contributed by atoms with Crippen molar-refractivity contribution < 1.29 is 4.42 Å². The van der Waals surface area contributed by atoms with Gasteiger partial charge in [0.25, 0.3) is 0 Å². The molecule has 0 spiro atoms. The number of nitrogens with zero attached hydrogens (tertiary/aromatic N) is 4. The highest BCUT2D eigenvalue weighted by molar-refractivity contribution is 6.24. The maximum absolute atomic E-state index is 10.7. The van der Waals surface area contributed by atoms with Gasteiger partial charge >= 0.3 is 0 Å². The second-order valence-corrected chi connectivity index (χ2v) is 14.4. The van der Waals surface area contributed by atoms with Crippen molar-refractivity contribution in [2.45, 2.75) is 0 Å². The van der Waals surface area contributed by atoms with E-state index in [0.717, 1.165) is 88.4 Å². The zero-order valence-electron chi connectivity index (χ0n) is 31.2. The van der Waals surface area contributed by atoms with Crippen LogP contribution in [-0.4, -0.2) is 14.5 Å². The van der Waals surface area contributed by atoms with E-state index in [4.69, 9.17) is 14.4 Å². The van der Waals surface area contributed by atoms with Crippen LogP contribution in [0.2, 0.25) is 0 Å². The van der Waals surface area contributed by atoms with Crippen LogP contribution < -0.4 is 0 Å². The molecule has 0 aliphatic heterocycles. The van der Waals surface area contributed by atoms with Crippen LogP contribution in [0.25, 0.3) is 106 Å². The van der Waals surface area contributed by atoms with Crippen LogP contribution in [0, 0.1) is 11.3 Å². The van der Waals surface area contributed by atoms with Crippen molar-refractivity contribution in [1.29, 1.82) is 5.26 Å². The Morgan fingerprint density at radius 3 is 1.53 bits per heavy atom. The first-order chi connectivity index (χ1) is 28.7. The van der Waals surface area contributed by atoms with Crippen LogP contribution in [0.4, 0.5) is 0 Å². The molecular formula is C53H32N4O. The summed E-state index contributed by atoms with van der Waals surface area (Å²) in [6.07, 6.45) is 0. The minimum absolute atomic E-state index is 0.433. The molecule has 5 heteroatoms. The van der Waals surface area contributed by atoms with E-state index in [1.165, 1.54) is 0 Å². The largest absolute Gasteiger partial charge is 0.455 e. The predicted octanol–water partition coefficient (Wildman–Crippen LogP) is 13.7. The molecule has 3 heterocycles. The van der Waals surface area contributed by atoms with Crippen molar-refractivity contribution in [3.63, 3.8) is 0 Å². The number of hydrogen-bond acceptors (Lipinski definition) is 4. The van der Waals surface area contributed by atoms with Crippen molar-refractivity contribution in [3.8, 4) is 67.9 Å².